The monoisotopic (exact) mass is 318 g/mol. The second kappa shape index (κ2) is 6.15. The van der Waals surface area contributed by atoms with E-state index < -0.39 is 0 Å². The molecule has 1 atom stereocenters. The van der Waals surface area contributed by atoms with Gasteiger partial charge >= 0.3 is 6.03 Å². The van der Waals surface area contributed by atoms with Gasteiger partial charge in [0.05, 0.1) is 25.2 Å². The third-order valence-corrected chi connectivity index (χ3v) is 5.29. The van der Waals surface area contributed by atoms with Crippen molar-refractivity contribution in [2.45, 2.75) is 44.7 Å². The SMILES string of the molecule is COCC1CN(C(=O)N2CCCC2)Cc2ncn(CC3CC3)c21. The molecule has 0 spiro atoms. The van der Waals surface area contributed by atoms with Gasteiger partial charge in [0, 0.05) is 44.9 Å². The van der Waals surface area contributed by atoms with Crippen molar-refractivity contribution in [3.8, 4) is 0 Å². The van der Waals surface area contributed by atoms with Gasteiger partial charge in [0.15, 0.2) is 0 Å². The second-order valence-electron chi connectivity index (χ2n) is 7.18. The fraction of sp³-hybridized carbons (Fsp3) is 0.765. The van der Waals surface area contributed by atoms with Gasteiger partial charge in [-0.25, -0.2) is 9.78 Å². The Morgan fingerprint density at radius 1 is 1.30 bits per heavy atom. The largest absolute Gasteiger partial charge is 0.384 e. The van der Waals surface area contributed by atoms with Crippen LogP contribution in [0.2, 0.25) is 0 Å². The summed E-state index contributed by atoms with van der Waals surface area (Å²) in [6, 6.07) is 0.172. The Kier molecular flexibility index (Phi) is 4.01. The zero-order chi connectivity index (χ0) is 15.8. The summed E-state index contributed by atoms with van der Waals surface area (Å²) in [5.41, 5.74) is 2.36. The summed E-state index contributed by atoms with van der Waals surface area (Å²) in [5, 5.41) is 0. The first-order chi connectivity index (χ1) is 11.3. The molecule has 1 saturated carbocycles. The fourth-order valence-electron chi connectivity index (χ4n) is 3.93. The van der Waals surface area contributed by atoms with Crippen LogP contribution in [0.4, 0.5) is 4.79 Å². The minimum absolute atomic E-state index is 0.172. The van der Waals surface area contributed by atoms with Gasteiger partial charge in [0.1, 0.15) is 0 Å². The normalized spacial score (nSPS) is 24.1. The van der Waals surface area contributed by atoms with Crippen LogP contribution in [0.5, 0.6) is 0 Å². The number of carbonyl (C=O) groups is 1. The molecule has 126 valence electrons. The van der Waals surface area contributed by atoms with E-state index in [0.29, 0.717) is 13.2 Å². The van der Waals surface area contributed by atoms with Crippen LogP contribution in [-0.2, 0) is 17.8 Å². The molecule has 1 unspecified atom stereocenters. The predicted octanol–water partition coefficient (Wildman–Crippen LogP) is 2.05. The molecule has 3 aliphatic rings. The molecule has 1 aromatic heterocycles. The summed E-state index contributed by atoms with van der Waals surface area (Å²) in [4.78, 5) is 21.3. The standard InChI is InChI=1S/C17H26N4O2/c1-23-11-14-9-20(17(22)19-6-2-3-7-19)10-15-16(14)21(12-18-15)8-13-4-5-13/h12-14H,2-11H2,1H3. The summed E-state index contributed by atoms with van der Waals surface area (Å²) in [6.45, 7) is 4.89. The third kappa shape index (κ3) is 2.96. The quantitative estimate of drug-likeness (QED) is 0.854. The van der Waals surface area contributed by atoms with Crippen LogP contribution in [0.1, 0.15) is 43.0 Å². The number of ether oxygens (including phenoxy) is 1. The number of urea groups is 1. The number of fused-ring (bicyclic) bond motifs is 1. The Morgan fingerprint density at radius 3 is 2.78 bits per heavy atom. The molecular formula is C17H26N4O2. The number of carbonyl (C=O) groups excluding carboxylic acids is 1. The van der Waals surface area contributed by atoms with Gasteiger partial charge < -0.3 is 19.1 Å². The van der Waals surface area contributed by atoms with Crippen molar-refractivity contribution in [2.75, 3.05) is 33.4 Å². The Morgan fingerprint density at radius 2 is 2.09 bits per heavy atom. The van der Waals surface area contributed by atoms with E-state index in [9.17, 15) is 4.79 Å². The number of nitrogens with zero attached hydrogens (tertiary/aromatic N) is 4. The van der Waals surface area contributed by atoms with Crippen LogP contribution in [-0.4, -0.2) is 58.7 Å². The van der Waals surface area contributed by atoms with Crippen LogP contribution in [0.3, 0.4) is 0 Å². The van der Waals surface area contributed by atoms with Gasteiger partial charge in [0.2, 0.25) is 0 Å². The summed E-state index contributed by atoms with van der Waals surface area (Å²) >= 11 is 0. The molecular weight excluding hydrogens is 292 g/mol. The van der Waals surface area contributed by atoms with E-state index in [1.807, 2.05) is 16.1 Å². The van der Waals surface area contributed by atoms with E-state index in [1.54, 1.807) is 7.11 Å². The molecule has 6 nitrogen and oxygen atoms in total. The highest BCUT2D eigenvalue weighted by Gasteiger charge is 2.35. The molecule has 2 aliphatic heterocycles. The van der Waals surface area contributed by atoms with Gasteiger partial charge in [0.25, 0.3) is 0 Å². The molecule has 0 radical (unpaired) electrons. The number of hydrogen-bond donors (Lipinski definition) is 0. The number of imidazole rings is 1. The highest BCUT2D eigenvalue weighted by molar-refractivity contribution is 5.75. The lowest BCUT2D eigenvalue weighted by molar-refractivity contribution is 0.123. The number of aromatic nitrogens is 2. The molecule has 0 N–H and O–H groups in total. The van der Waals surface area contributed by atoms with Crippen molar-refractivity contribution in [3.63, 3.8) is 0 Å². The van der Waals surface area contributed by atoms with Crippen molar-refractivity contribution >= 4 is 6.03 Å². The van der Waals surface area contributed by atoms with E-state index in [0.717, 1.165) is 50.6 Å². The van der Waals surface area contributed by atoms with E-state index in [1.165, 1.54) is 18.5 Å². The average Bonchev–Trinajstić information content (AvgIpc) is 3.04. The van der Waals surface area contributed by atoms with E-state index in [4.69, 9.17) is 4.74 Å². The van der Waals surface area contributed by atoms with Crippen LogP contribution < -0.4 is 0 Å². The minimum Gasteiger partial charge on any atom is -0.384 e. The molecule has 2 fully saturated rings. The maximum absolute atomic E-state index is 12.7. The number of methoxy groups -OCH3 is 1. The first-order valence-corrected chi connectivity index (χ1v) is 8.83. The summed E-state index contributed by atoms with van der Waals surface area (Å²) in [6.07, 6.45) is 6.89. The third-order valence-electron chi connectivity index (χ3n) is 5.29. The van der Waals surface area contributed by atoms with Crippen molar-refractivity contribution in [2.24, 2.45) is 5.92 Å². The van der Waals surface area contributed by atoms with Gasteiger partial charge in [-0.3, -0.25) is 0 Å². The van der Waals surface area contributed by atoms with E-state index in [-0.39, 0.29) is 11.9 Å². The second-order valence-corrected chi connectivity index (χ2v) is 7.18. The smallest absolute Gasteiger partial charge is 0.320 e. The minimum atomic E-state index is 0.172. The van der Waals surface area contributed by atoms with Crippen molar-refractivity contribution in [1.29, 1.82) is 0 Å². The van der Waals surface area contributed by atoms with Crippen molar-refractivity contribution < 1.29 is 9.53 Å². The summed E-state index contributed by atoms with van der Waals surface area (Å²) in [7, 11) is 1.74. The molecule has 1 saturated heterocycles. The van der Waals surface area contributed by atoms with Crippen LogP contribution in [0, 0.1) is 5.92 Å². The molecule has 23 heavy (non-hydrogen) atoms. The zero-order valence-corrected chi connectivity index (χ0v) is 13.9. The Labute approximate surface area is 137 Å². The topological polar surface area (TPSA) is 50.6 Å². The van der Waals surface area contributed by atoms with Crippen LogP contribution in [0.25, 0.3) is 0 Å². The summed E-state index contributed by atoms with van der Waals surface area (Å²) in [5.74, 6) is 1.05. The van der Waals surface area contributed by atoms with Crippen molar-refractivity contribution in [3.05, 3.63) is 17.7 Å². The molecule has 3 heterocycles. The predicted molar refractivity (Wildman–Crippen MR) is 86.2 cm³/mol. The highest BCUT2D eigenvalue weighted by Crippen LogP contribution is 2.34. The molecule has 1 aromatic rings. The van der Waals surface area contributed by atoms with E-state index in [2.05, 4.69) is 9.55 Å². The lowest BCUT2D eigenvalue weighted by Gasteiger charge is -2.35. The molecule has 4 rings (SSSR count). The lowest BCUT2D eigenvalue weighted by atomic mass is 9.99. The molecule has 6 heteroatoms. The Bertz CT molecular complexity index is 575. The molecule has 0 bridgehead atoms. The first kappa shape index (κ1) is 15.0. The Balaban J connectivity index is 1.55. The fourth-order valence-corrected chi connectivity index (χ4v) is 3.93. The number of amides is 2. The summed E-state index contributed by atoms with van der Waals surface area (Å²) < 4.78 is 7.76. The zero-order valence-electron chi connectivity index (χ0n) is 13.9. The number of likely N-dealkylation sites (tertiary alicyclic amines) is 1. The number of hydrogen-bond acceptors (Lipinski definition) is 3. The van der Waals surface area contributed by atoms with Gasteiger partial charge in [-0.2, -0.15) is 0 Å². The van der Waals surface area contributed by atoms with Gasteiger partial charge in [-0.1, -0.05) is 0 Å². The maximum atomic E-state index is 12.7. The molecule has 1 aliphatic carbocycles. The maximum Gasteiger partial charge on any atom is 0.320 e. The van der Waals surface area contributed by atoms with Gasteiger partial charge in [-0.15, -0.1) is 0 Å². The number of rotatable bonds is 4. The van der Waals surface area contributed by atoms with Crippen LogP contribution in [0.15, 0.2) is 6.33 Å². The first-order valence-electron chi connectivity index (χ1n) is 8.83. The molecule has 2 amide bonds. The highest BCUT2D eigenvalue weighted by atomic mass is 16.5. The average molecular weight is 318 g/mol. The van der Waals surface area contributed by atoms with Gasteiger partial charge in [-0.05, 0) is 31.6 Å². The van der Waals surface area contributed by atoms with Crippen LogP contribution >= 0.6 is 0 Å². The van der Waals surface area contributed by atoms with E-state index >= 15 is 0 Å². The van der Waals surface area contributed by atoms with Crippen molar-refractivity contribution in [1.82, 2.24) is 19.4 Å². The molecule has 0 aromatic carbocycles. The Hall–Kier alpha value is -1.56. The lowest BCUT2D eigenvalue weighted by Crippen LogP contribution is -2.46.